The van der Waals surface area contributed by atoms with Gasteiger partial charge in [0.15, 0.2) is 6.29 Å². The molecular formula is C12H8F2O. The molecule has 0 saturated carbocycles. The molecule has 0 heterocycles. The lowest BCUT2D eigenvalue weighted by atomic mass is 10.0. The first-order valence-corrected chi connectivity index (χ1v) is 4.49. The van der Waals surface area contributed by atoms with E-state index < -0.39 is 6.43 Å². The minimum Gasteiger partial charge on any atom is -0.298 e. The van der Waals surface area contributed by atoms with Gasteiger partial charge in [-0.3, -0.25) is 4.79 Å². The van der Waals surface area contributed by atoms with Crippen LogP contribution < -0.4 is 0 Å². The lowest BCUT2D eigenvalue weighted by Gasteiger charge is -2.06. The standard InChI is InChI=1S/C12H8F2O/c13-12(14)10-6-5-8-3-1-2-4-9(8)11(10)7-15/h1-7,12H. The zero-order valence-corrected chi connectivity index (χ0v) is 7.78. The highest BCUT2D eigenvalue weighted by Crippen LogP contribution is 2.28. The maximum atomic E-state index is 12.6. The molecule has 2 aromatic rings. The third kappa shape index (κ3) is 1.61. The minimum atomic E-state index is -2.62. The average Bonchev–Trinajstić information content (AvgIpc) is 2.27. The number of benzene rings is 2. The number of carbonyl (C=O) groups is 1. The van der Waals surface area contributed by atoms with Crippen molar-refractivity contribution in [2.24, 2.45) is 0 Å². The van der Waals surface area contributed by atoms with Crippen molar-refractivity contribution in [3.05, 3.63) is 47.5 Å². The molecule has 15 heavy (non-hydrogen) atoms. The molecule has 0 saturated heterocycles. The zero-order valence-electron chi connectivity index (χ0n) is 7.78. The van der Waals surface area contributed by atoms with Gasteiger partial charge in [0, 0.05) is 11.1 Å². The Bertz CT molecular complexity index is 506. The summed E-state index contributed by atoms with van der Waals surface area (Å²) in [6.45, 7) is 0. The summed E-state index contributed by atoms with van der Waals surface area (Å²) in [6.07, 6.45) is -2.13. The Labute approximate surface area is 85.3 Å². The van der Waals surface area contributed by atoms with Gasteiger partial charge in [-0.2, -0.15) is 0 Å². The highest BCUT2D eigenvalue weighted by molar-refractivity contribution is 5.99. The van der Waals surface area contributed by atoms with Gasteiger partial charge in [-0.1, -0.05) is 36.4 Å². The maximum absolute atomic E-state index is 12.6. The van der Waals surface area contributed by atoms with E-state index in [4.69, 9.17) is 0 Å². The summed E-state index contributed by atoms with van der Waals surface area (Å²) in [5.41, 5.74) is -0.119. The Morgan fingerprint density at radius 1 is 1.07 bits per heavy atom. The fraction of sp³-hybridized carbons (Fsp3) is 0.0833. The van der Waals surface area contributed by atoms with Gasteiger partial charge >= 0.3 is 0 Å². The number of fused-ring (bicyclic) bond motifs is 1. The van der Waals surface area contributed by atoms with E-state index in [-0.39, 0.29) is 11.1 Å². The second kappa shape index (κ2) is 3.77. The van der Waals surface area contributed by atoms with Crippen molar-refractivity contribution >= 4 is 17.1 Å². The third-order valence-corrected chi connectivity index (χ3v) is 2.36. The molecule has 0 fully saturated rings. The normalized spacial score (nSPS) is 10.9. The summed E-state index contributed by atoms with van der Waals surface area (Å²) in [7, 11) is 0. The van der Waals surface area contributed by atoms with Crippen molar-refractivity contribution in [3.8, 4) is 0 Å². The van der Waals surface area contributed by atoms with E-state index in [9.17, 15) is 13.6 Å². The number of halogens is 2. The maximum Gasteiger partial charge on any atom is 0.264 e. The van der Waals surface area contributed by atoms with Gasteiger partial charge in [0.25, 0.3) is 6.43 Å². The van der Waals surface area contributed by atoms with E-state index in [1.165, 1.54) is 6.07 Å². The van der Waals surface area contributed by atoms with E-state index >= 15 is 0 Å². The van der Waals surface area contributed by atoms with Gasteiger partial charge in [0.1, 0.15) is 0 Å². The van der Waals surface area contributed by atoms with Gasteiger partial charge in [-0.25, -0.2) is 8.78 Å². The molecule has 2 rings (SSSR count). The number of rotatable bonds is 2. The fourth-order valence-corrected chi connectivity index (χ4v) is 1.63. The molecule has 0 bridgehead atoms. The predicted octanol–water partition coefficient (Wildman–Crippen LogP) is 3.59. The van der Waals surface area contributed by atoms with Crippen LogP contribution in [-0.2, 0) is 0 Å². The minimum absolute atomic E-state index is 0.0862. The number of hydrogen-bond acceptors (Lipinski definition) is 1. The van der Waals surface area contributed by atoms with E-state index in [2.05, 4.69) is 0 Å². The second-order valence-electron chi connectivity index (χ2n) is 3.21. The topological polar surface area (TPSA) is 17.1 Å². The Morgan fingerprint density at radius 3 is 2.47 bits per heavy atom. The molecule has 1 nitrogen and oxygen atoms in total. The first-order chi connectivity index (χ1) is 7.24. The van der Waals surface area contributed by atoms with Crippen LogP contribution in [0.15, 0.2) is 36.4 Å². The molecule has 2 aromatic carbocycles. The van der Waals surface area contributed by atoms with Gasteiger partial charge in [-0.15, -0.1) is 0 Å². The van der Waals surface area contributed by atoms with Crippen LogP contribution in [-0.4, -0.2) is 6.29 Å². The van der Waals surface area contributed by atoms with Crippen LogP contribution >= 0.6 is 0 Å². The van der Waals surface area contributed by atoms with E-state index in [1.54, 1.807) is 30.3 Å². The van der Waals surface area contributed by atoms with Crippen LogP contribution in [0.25, 0.3) is 10.8 Å². The second-order valence-corrected chi connectivity index (χ2v) is 3.21. The van der Waals surface area contributed by atoms with Crippen molar-refractivity contribution in [1.82, 2.24) is 0 Å². The average molecular weight is 206 g/mol. The molecule has 0 aromatic heterocycles. The summed E-state index contributed by atoms with van der Waals surface area (Å²) in [4.78, 5) is 10.8. The van der Waals surface area contributed by atoms with Crippen LogP contribution in [0, 0.1) is 0 Å². The summed E-state index contributed by atoms with van der Waals surface area (Å²) >= 11 is 0. The zero-order chi connectivity index (χ0) is 10.8. The Kier molecular flexibility index (Phi) is 2.46. The van der Waals surface area contributed by atoms with Crippen molar-refractivity contribution in [2.45, 2.75) is 6.43 Å². The lowest BCUT2D eigenvalue weighted by molar-refractivity contribution is 0.110. The smallest absolute Gasteiger partial charge is 0.264 e. The molecular weight excluding hydrogens is 198 g/mol. The molecule has 0 N–H and O–H groups in total. The first kappa shape index (κ1) is 9.77. The molecule has 0 aliphatic rings. The molecule has 76 valence electrons. The van der Waals surface area contributed by atoms with Crippen molar-refractivity contribution < 1.29 is 13.6 Å². The Morgan fingerprint density at radius 2 is 1.80 bits per heavy atom. The van der Waals surface area contributed by atoms with Crippen LogP contribution in [0.3, 0.4) is 0 Å². The molecule has 0 radical (unpaired) electrons. The Hall–Kier alpha value is -1.77. The van der Waals surface area contributed by atoms with Crippen LogP contribution in [0.4, 0.5) is 8.78 Å². The van der Waals surface area contributed by atoms with E-state index in [0.29, 0.717) is 11.7 Å². The van der Waals surface area contributed by atoms with E-state index in [1.807, 2.05) is 0 Å². The number of aldehydes is 1. The molecule has 0 aliphatic carbocycles. The monoisotopic (exact) mass is 206 g/mol. The quantitative estimate of drug-likeness (QED) is 0.686. The third-order valence-electron chi connectivity index (χ3n) is 2.36. The summed E-state index contributed by atoms with van der Waals surface area (Å²) in [5.74, 6) is 0. The molecule has 0 spiro atoms. The van der Waals surface area contributed by atoms with Gasteiger partial charge in [0.2, 0.25) is 0 Å². The van der Waals surface area contributed by atoms with Crippen LogP contribution in [0.1, 0.15) is 22.3 Å². The number of alkyl halides is 2. The van der Waals surface area contributed by atoms with Gasteiger partial charge in [0.05, 0.1) is 0 Å². The van der Waals surface area contributed by atoms with Crippen LogP contribution in [0.2, 0.25) is 0 Å². The number of carbonyl (C=O) groups excluding carboxylic acids is 1. The van der Waals surface area contributed by atoms with Crippen molar-refractivity contribution in [2.75, 3.05) is 0 Å². The fourth-order valence-electron chi connectivity index (χ4n) is 1.63. The Balaban J connectivity index is 2.81. The predicted molar refractivity (Wildman–Crippen MR) is 54.3 cm³/mol. The highest BCUT2D eigenvalue weighted by Gasteiger charge is 2.14. The molecule has 0 amide bonds. The molecule has 3 heteroatoms. The highest BCUT2D eigenvalue weighted by atomic mass is 19.3. The van der Waals surface area contributed by atoms with E-state index in [0.717, 1.165) is 5.39 Å². The van der Waals surface area contributed by atoms with Gasteiger partial charge in [-0.05, 0) is 10.8 Å². The summed E-state index contributed by atoms with van der Waals surface area (Å²) < 4.78 is 25.2. The lowest BCUT2D eigenvalue weighted by Crippen LogP contribution is -1.94. The molecule has 0 unspecified atom stereocenters. The van der Waals surface area contributed by atoms with Gasteiger partial charge < -0.3 is 0 Å². The molecule has 0 atom stereocenters. The SMILES string of the molecule is O=Cc1c(C(F)F)ccc2ccccc12. The van der Waals surface area contributed by atoms with Crippen LogP contribution in [0.5, 0.6) is 0 Å². The van der Waals surface area contributed by atoms with Crippen molar-refractivity contribution in [3.63, 3.8) is 0 Å². The summed E-state index contributed by atoms with van der Waals surface area (Å²) in [6, 6.07) is 9.90. The molecule has 0 aliphatic heterocycles. The van der Waals surface area contributed by atoms with Crippen molar-refractivity contribution in [1.29, 1.82) is 0 Å². The number of hydrogen-bond donors (Lipinski definition) is 0. The largest absolute Gasteiger partial charge is 0.298 e. The first-order valence-electron chi connectivity index (χ1n) is 4.49. The summed E-state index contributed by atoms with van der Waals surface area (Å²) in [5, 5.41) is 1.37.